The molecule has 0 heterocycles. The smallest absolute Gasteiger partial charge is 0.192 e. The van der Waals surface area contributed by atoms with Crippen molar-refractivity contribution in [3.63, 3.8) is 0 Å². The highest BCUT2D eigenvalue weighted by Gasteiger charge is 2.33. The molecule has 0 saturated carbocycles. The maximum absolute atomic E-state index is 12.2. The molecule has 0 amide bonds. The average molecular weight is 256 g/mol. The second-order valence-electron chi connectivity index (χ2n) is 5.27. The molecule has 0 bridgehead atoms. The minimum absolute atomic E-state index is 0.418. The van der Waals surface area contributed by atoms with Gasteiger partial charge in [0.05, 0.1) is 5.41 Å². The highest BCUT2D eigenvalue weighted by atomic mass is 16.3. The number of carbonyl (C=O) groups is 2. The molecule has 3 heteroatoms. The van der Waals surface area contributed by atoms with Crippen molar-refractivity contribution < 1.29 is 14.7 Å². The first-order valence-electron chi connectivity index (χ1n) is 6.13. The molecule has 2 aromatic carbocycles. The van der Waals surface area contributed by atoms with Crippen molar-refractivity contribution in [2.24, 2.45) is 5.41 Å². The van der Waals surface area contributed by atoms with Crippen LogP contribution in [-0.2, 0) is 4.79 Å². The molecule has 0 saturated heterocycles. The van der Waals surface area contributed by atoms with Crippen LogP contribution in [0.3, 0.4) is 0 Å². The van der Waals surface area contributed by atoms with E-state index in [1.165, 1.54) is 0 Å². The number of fused-ring (bicyclic) bond motifs is 1. The topological polar surface area (TPSA) is 54.4 Å². The van der Waals surface area contributed by atoms with Gasteiger partial charge >= 0.3 is 0 Å². The van der Waals surface area contributed by atoms with Crippen LogP contribution in [0.5, 0.6) is 0 Å². The third-order valence-corrected chi connectivity index (χ3v) is 3.29. The molecule has 0 radical (unpaired) electrons. The normalized spacial score (nSPS) is 13.2. The lowest BCUT2D eigenvalue weighted by molar-refractivity contribution is -0.118. The quantitative estimate of drug-likeness (QED) is 0.675. The second kappa shape index (κ2) is 4.94. The van der Waals surface area contributed by atoms with E-state index in [0.717, 1.165) is 10.8 Å². The molecule has 3 nitrogen and oxygen atoms in total. The molecular weight excluding hydrogens is 240 g/mol. The van der Waals surface area contributed by atoms with Crippen LogP contribution in [0, 0.1) is 5.41 Å². The summed E-state index contributed by atoms with van der Waals surface area (Å²) in [5.41, 5.74) is -0.663. The number of aliphatic hydroxyl groups is 1. The Morgan fingerprint density at radius 2 is 1.79 bits per heavy atom. The number of hydrogen-bond donors (Lipinski definition) is 1. The van der Waals surface area contributed by atoms with Gasteiger partial charge < -0.3 is 9.90 Å². The molecule has 19 heavy (non-hydrogen) atoms. The number of ketones is 1. The second-order valence-corrected chi connectivity index (χ2v) is 5.27. The average Bonchev–Trinajstić information content (AvgIpc) is 2.45. The van der Waals surface area contributed by atoms with E-state index in [1.807, 2.05) is 30.3 Å². The van der Waals surface area contributed by atoms with Gasteiger partial charge in [0, 0.05) is 5.56 Å². The van der Waals surface area contributed by atoms with Gasteiger partial charge in [0.25, 0.3) is 0 Å². The Balaban J connectivity index is 2.39. The summed E-state index contributed by atoms with van der Waals surface area (Å²) in [7, 11) is 0. The van der Waals surface area contributed by atoms with Gasteiger partial charge in [-0.25, -0.2) is 0 Å². The van der Waals surface area contributed by atoms with E-state index < -0.39 is 17.3 Å². The monoisotopic (exact) mass is 256 g/mol. The third-order valence-electron chi connectivity index (χ3n) is 3.29. The number of hydrogen-bond acceptors (Lipinski definition) is 3. The van der Waals surface area contributed by atoms with Crippen molar-refractivity contribution in [1.29, 1.82) is 0 Å². The zero-order valence-electron chi connectivity index (χ0n) is 11.0. The van der Waals surface area contributed by atoms with Gasteiger partial charge in [-0.15, -0.1) is 0 Å². The number of rotatable bonds is 4. The Bertz CT molecular complexity index is 629. The Morgan fingerprint density at radius 1 is 1.16 bits per heavy atom. The lowest BCUT2D eigenvalue weighted by Crippen LogP contribution is -2.37. The Hall–Kier alpha value is -2.00. The fourth-order valence-electron chi connectivity index (χ4n) is 1.90. The molecule has 0 aliphatic rings. The van der Waals surface area contributed by atoms with E-state index in [2.05, 4.69) is 0 Å². The van der Waals surface area contributed by atoms with E-state index in [-0.39, 0.29) is 0 Å². The molecule has 1 atom stereocenters. The molecule has 1 unspecified atom stereocenters. The van der Waals surface area contributed by atoms with Gasteiger partial charge in [-0.3, -0.25) is 4.79 Å². The van der Waals surface area contributed by atoms with E-state index in [0.29, 0.717) is 11.8 Å². The highest BCUT2D eigenvalue weighted by molar-refractivity contribution is 6.04. The predicted molar refractivity (Wildman–Crippen MR) is 74.1 cm³/mol. The molecule has 0 aliphatic heterocycles. The van der Waals surface area contributed by atoms with E-state index in [1.54, 1.807) is 26.0 Å². The largest absolute Gasteiger partial charge is 0.384 e. The van der Waals surface area contributed by atoms with Crippen molar-refractivity contribution in [1.82, 2.24) is 0 Å². The Morgan fingerprint density at radius 3 is 2.42 bits per heavy atom. The lowest BCUT2D eigenvalue weighted by atomic mass is 9.84. The molecule has 2 aromatic rings. The highest BCUT2D eigenvalue weighted by Crippen LogP contribution is 2.23. The Kier molecular flexibility index (Phi) is 3.49. The first kappa shape index (κ1) is 13.4. The molecule has 1 N–H and O–H groups in total. The molecule has 2 rings (SSSR count). The first-order valence-corrected chi connectivity index (χ1v) is 6.13. The summed E-state index contributed by atoms with van der Waals surface area (Å²) in [4.78, 5) is 23.1. The maximum atomic E-state index is 12.2. The van der Waals surface area contributed by atoms with Gasteiger partial charge in [-0.2, -0.15) is 0 Å². The van der Waals surface area contributed by atoms with E-state index in [9.17, 15) is 14.7 Å². The van der Waals surface area contributed by atoms with E-state index >= 15 is 0 Å². The Labute approximate surface area is 111 Å². The summed E-state index contributed by atoms with van der Waals surface area (Å²) in [6.07, 6.45) is -0.720. The SMILES string of the molecule is CC(C)(C=O)C(O)C(=O)c1ccc2ccccc2c1. The van der Waals surface area contributed by atoms with Gasteiger partial charge in [0.1, 0.15) is 12.4 Å². The molecule has 98 valence electrons. The van der Waals surface area contributed by atoms with Crippen LogP contribution in [-0.4, -0.2) is 23.3 Å². The number of carbonyl (C=O) groups excluding carboxylic acids is 2. The van der Waals surface area contributed by atoms with Crippen molar-refractivity contribution in [2.45, 2.75) is 20.0 Å². The summed E-state index contributed by atoms with van der Waals surface area (Å²) >= 11 is 0. The first-order chi connectivity index (χ1) is 8.95. The van der Waals surface area contributed by atoms with Crippen LogP contribution in [0.15, 0.2) is 42.5 Å². The van der Waals surface area contributed by atoms with Crippen LogP contribution in [0.2, 0.25) is 0 Å². The summed E-state index contributed by atoms with van der Waals surface area (Å²) in [5.74, 6) is -0.428. The fourth-order valence-corrected chi connectivity index (χ4v) is 1.90. The van der Waals surface area contributed by atoms with Crippen molar-refractivity contribution in [3.05, 3.63) is 48.0 Å². The molecule has 0 spiro atoms. The van der Waals surface area contributed by atoms with E-state index in [4.69, 9.17) is 0 Å². The molecular formula is C16H16O3. The number of aliphatic hydroxyl groups excluding tert-OH is 1. The van der Waals surface area contributed by atoms with Gasteiger partial charge in [-0.1, -0.05) is 50.2 Å². The summed E-state index contributed by atoms with van der Waals surface area (Å²) in [5, 5.41) is 12.0. The van der Waals surface area contributed by atoms with Gasteiger partial charge in [0.15, 0.2) is 5.78 Å². The predicted octanol–water partition coefficient (Wildman–Crippen LogP) is 2.61. The minimum atomic E-state index is -1.33. The zero-order valence-corrected chi connectivity index (χ0v) is 11.0. The van der Waals surface area contributed by atoms with Crippen LogP contribution < -0.4 is 0 Å². The number of benzene rings is 2. The molecule has 0 aliphatic carbocycles. The maximum Gasteiger partial charge on any atom is 0.192 e. The number of aldehydes is 1. The van der Waals surface area contributed by atoms with Crippen LogP contribution in [0.1, 0.15) is 24.2 Å². The zero-order chi connectivity index (χ0) is 14.0. The van der Waals surface area contributed by atoms with Crippen LogP contribution in [0.4, 0.5) is 0 Å². The standard InChI is InChI=1S/C16H16O3/c1-16(2,10-17)15(19)14(18)13-8-7-11-5-3-4-6-12(11)9-13/h3-10,15,19H,1-2H3. The molecule has 0 fully saturated rings. The summed E-state index contributed by atoms with van der Waals surface area (Å²) in [6, 6.07) is 12.9. The van der Waals surface area contributed by atoms with Crippen LogP contribution in [0.25, 0.3) is 10.8 Å². The minimum Gasteiger partial charge on any atom is -0.384 e. The van der Waals surface area contributed by atoms with Crippen molar-refractivity contribution in [2.75, 3.05) is 0 Å². The summed E-state index contributed by atoms with van der Waals surface area (Å²) < 4.78 is 0. The lowest BCUT2D eigenvalue weighted by Gasteiger charge is -2.23. The van der Waals surface area contributed by atoms with Gasteiger partial charge in [-0.05, 0) is 16.8 Å². The molecule has 0 aromatic heterocycles. The third kappa shape index (κ3) is 2.56. The fraction of sp³-hybridized carbons (Fsp3) is 0.250. The van der Waals surface area contributed by atoms with Gasteiger partial charge in [0.2, 0.25) is 0 Å². The summed E-state index contributed by atoms with van der Waals surface area (Å²) in [6.45, 7) is 3.09. The van der Waals surface area contributed by atoms with Crippen molar-refractivity contribution in [3.8, 4) is 0 Å². The number of Topliss-reactive ketones (excluding diaryl/α,β-unsaturated/α-hetero) is 1. The van der Waals surface area contributed by atoms with Crippen molar-refractivity contribution >= 4 is 22.8 Å². The van der Waals surface area contributed by atoms with Crippen LogP contribution >= 0.6 is 0 Å².